The van der Waals surface area contributed by atoms with E-state index in [2.05, 4.69) is 5.32 Å². The lowest BCUT2D eigenvalue weighted by Gasteiger charge is -2.59. The number of carbonyl (C=O) groups is 2. The first-order chi connectivity index (χ1) is 13.1. The molecule has 0 spiro atoms. The molecule has 0 aromatic heterocycles. The molecule has 4 fully saturated rings. The second kappa shape index (κ2) is 6.65. The van der Waals surface area contributed by atoms with Gasteiger partial charge in [-0.3, -0.25) is 9.59 Å². The summed E-state index contributed by atoms with van der Waals surface area (Å²) in [5.41, 5.74) is -0.993. The van der Waals surface area contributed by atoms with Crippen molar-refractivity contribution in [1.82, 2.24) is 4.90 Å². The highest BCUT2D eigenvalue weighted by molar-refractivity contribution is 6.24. The van der Waals surface area contributed by atoms with Gasteiger partial charge in [0.2, 0.25) is 11.8 Å². The number of benzene rings is 1. The quantitative estimate of drug-likeness (QED) is 0.596. The van der Waals surface area contributed by atoms with Crippen LogP contribution < -0.4 is 5.32 Å². The minimum Gasteiger partial charge on any atom is -0.336 e. The van der Waals surface area contributed by atoms with E-state index in [9.17, 15) is 22.8 Å². The van der Waals surface area contributed by atoms with Crippen LogP contribution in [0.3, 0.4) is 0 Å². The molecule has 0 radical (unpaired) electrons. The minimum absolute atomic E-state index is 0.118. The molecule has 0 aliphatic heterocycles. The molecule has 4 bridgehead atoms. The number of alkyl halides is 1. The van der Waals surface area contributed by atoms with Crippen LogP contribution in [0.25, 0.3) is 0 Å². The zero-order valence-electron chi connectivity index (χ0n) is 15.5. The van der Waals surface area contributed by atoms with E-state index in [0.29, 0.717) is 18.3 Å². The predicted octanol–water partition coefficient (Wildman–Crippen LogP) is 4.08. The Morgan fingerprint density at radius 2 is 1.79 bits per heavy atom. The number of nitrogens with one attached hydrogen (secondary N) is 1. The number of amides is 2. The first kappa shape index (κ1) is 19.6. The molecule has 0 saturated heterocycles. The molecule has 152 valence electrons. The summed E-state index contributed by atoms with van der Waals surface area (Å²) in [5, 5.41) is 2.20. The standard InChI is InChI=1S/C20H22ClF3N2O2/c1-26(9-15(27)25-14-3-2-13(22)16(23)17(14)24)18(28)19-5-11-4-12(6-19)8-20(21,7-11)10-19/h2-3,11-12H,4-10H2,1H3,(H,25,27)/t11-,12-,19?,20?/m1/s1. The van der Waals surface area contributed by atoms with Gasteiger partial charge in [0.1, 0.15) is 0 Å². The highest BCUT2D eigenvalue weighted by Crippen LogP contribution is 2.64. The molecule has 4 aliphatic rings. The van der Waals surface area contributed by atoms with Crippen molar-refractivity contribution in [2.45, 2.75) is 43.4 Å². The molecule has 28 heavy (non-hydrogen) atoms. The number of likely N-dealkylation sites (N-methyl/N-ethyl adjacent to an activating group) is 1. The zero-order valence-corrected chi connectivity index (χ0v) is 16.3. The van der Waals surface area contributed by atoms with E-state index in [1.54, 1.807) is 0 Å². The summed E-state index contributed by atoms with van der Waals surface area (Å²) in [4.78, 5) is 26.5. The maximum atomic E-state index is 13.7. The molecule has 4 aliphatic carbocycles. The van der Waals surface area contributed by atoms with E-state index in [4.69, 9.17) is 11.6 Å². The average Bonchev–Trinajstić information content (AvgIpc) is 2.59. The summed E-state index contributed by atoms with van der Waals surface area (Å²) in [5.74, 6) is -4.35. The van der Waals surface area contributed by atoms with Crippen LogP contribution in [0.15, 0.2) is 12.1 Å². The van der Waals surface area contributed by atoms with E-state index in [0.717, 1.165) is 44.2 Å². The second-order valence-corrected chi connectivity index (χ2v) is 9.63. The van der Waals surface area contributed by atoms with Gasteiger partial charge in [0.15, 0.2) is 17.5 Å². The van der Waals surface area contributed by atoms with E-state index in [-0.39, 0.29) is 17.3 Å². The molecule has 4 saturated carbocycles. The zero-order chi connectivity index (χ0) is 20.3. The van der Waals surface area contributed by atoms with Gasteiger partial charge >= 0.3 is 0 Å². The van der Waals surface area contributed by atoms with Crippen molar-refractivity contribution in [3.63, 3.8) is 0 Å². The van der Waals surface area contributed by atoms with E-state index in [1.807, 2.05) is 0 Å². The lowest BCUT2D eigenvalue weighted by Crippen LogP contribution is -2.59. The summed E-state index contributed by atoms with van der Waals surface area (Å²) < 4.78 is 40.1. The van der Waals surface area contributed by atoms with E-state index < -0.39 is 34.5 Å². The summed E-state index contributed by atoms with van der Waals surface area (Å²) in [7, 11) is 1.53. The molecule has 4 nitrogen and oxygen atoms in total. The van der Waals surface area contributed by atoms with Crippen LogP contribution in [-0.4, -0.2) is 35.2 Å². The van der Waals surface area contributed by atoms with Gasteiger partial charge in [0.25, 0.3) is 0 Å². The van der Waals surface area contributed by atoms with Gasteiger partial charge in [-0.1, -0.05) is 0 Å². The minimum atomic E-state index is -1.65. The largest absolute Gasteiger partial charge is 0.336 e. The van der Waals surface area contributed by atoms with Crippen molar-refractivity contribution in [2.75, 3.05) is 18.9 Å². The molecule has 8 heteroatoms. The number of nitrogens with zero attached hydrogens (tertiary/aromatic N) is 1. The van der Waals surface area contributed by atoms with Crippen LogP contribution in [0.2, 0.25) is 0 Å². The molecule has 5 rings (SSSR count). The number of halogens is 4. The molecule has 0 heterocycles. The van der Waals surface area contributed by atoms with Crippen LogP contribution in [0.1, 0.15) is 38.5 Å². The van der Waals surface area contributed by atoms with Crippen molar-refractivity contribution < 1.29 is 22.8 Å². The monoisotopic (exact) mass is 414 g/mol. The molecule has 1 aromatic rings. The van der Waals surface area contributed by atoms with Gasteiger partial charge < -0.3 is 10.2 Å². The van der Waals surface area contributed by atoms with Crippen molar-refractivity contribution in [1.29, 1.82) is 0 Å². The molecule has 2 atom stereocenters. The summed E-state index contributed by atoms with van der Waals surface area (Å²) in [6.07, 6.45) is 5.21. The highest BCUT2D eigenvalue weighted by Gasteiger charge is 2.60. The van der Waals surface area contributed by atoms with Crippen molar-refractivity contribution in [3.8, 4) is 0 Å². The van der Waals surface area contributed by atoms with Gasteiger partial charge in [-0.25, -0.2) is 13.2 Å². The first-order valence-electron chi connectivity index (χ1n) is 9.49. The maximum Gasteiger partial charge on any atom is 0.244 e. The van der Waals surface area contributed by atoms with Gasteiger partial charge in [-0.15, -0.1) is 11.6 Å². The Morgan fingerprint density at radius 3 is 2.39 bits per heavy atom. The molecule has 1 aromatic carbocycles. The van der Waals surface area contributed by atoms with Gasteiger partial charge in [0.05, 0.1) is 17.6 Å². The highest BCUT2D eigenvalue weighted by atomic mass is 35.5. The number of carbonyl (C=O) groups excluding carboxylic acids is 2. The Morgan fingerprint density at radius 1 is 1.14 bits per heavy atom. The number of hydrogen-bond donors (Lipinski definition) is 1. The average molecular weight is 415 g/mol. The topological polar surface area (TPSA) is 49.4 Å². The summed E-state index contributed by atoms with van der Waals surface area (Å²) in [6.45, 7) is -0.302. The molecule has 2 amide bonds. The Balaban J connectivity index is 1.44. The van der Waals surface area contributed by atoms with Crippen LogP contribution in [-0.2, 0) is 9.59 Å². The molecule has 1 N–H and O–H groups in total. The fourth-order valence-electron chi connectivity index (χ4n) is 5.91. The van der Waals surface area contributed by atoms with Crippen LogP contribution >= 0.6 is 11.6 Å². The molecular weight excluding hydrogens is 393 g/mol. The maximum absolute atomic E-state index is 13.7. The van der Waals surface area contributed by atoms with Crippen molar-refractivity contribution in [3.05, 3.63) is 29.6 Å². The van der Waals surface area contributed by atoms with Gasteiger partial charge in [-0.2, -0.15) is 0 Å². The van der Waals surface area contributed by atoms with Gasteiger partial charge in [-0.05, 0) is 62.5 Å². The third-order valence-corrected chi connectivity index (χ3v) is 6.92. The Labute approximate surface area is 166 Å². The second-order valence-electron chi connectivity index (χ2n) is 8.82. The molecular formula is C20H22ClF3N2O2. The predicted molar refractivity (Wildman–Crippen MR) is 98.3 cm³/mol. The smallest absolute Gasteiger partial charge is 0.244 e. The normalized spacial score (nSPS) is 33.0. The lowest BCUT2D eigenvalue weighted by atomic mass is 9.49. The van der Waals surface area contributed by atoms with Crippen LogP contribution in [0.4, 0.5) is 18.9 Å². The Kier molecular flexibility index (Phi) is 4.64. The SMILES string of the molecule is CN(CC(=O)Nc1ccc(F)c(F)c1F)C(=O)C12C[C@H]3C[C@@H](CC(Cl)(C3)C1)C2. The van der Waals surface area contributed by atoms with Crippen molar-refractivity contribution >= 4 is 29.1 Å². The van der Waals surface area contributed by atoms with Crippen LogP contribution in [0.5, 0.6) is 0 Å². The fourth-order valence-corrected chi connectivity index (χ4v) is 6.60. The molecule has 0 unspecified atom stereocenters. The Hall–Kier alpha value is -1.76. The number of anilines is 1. The summed E-state index contributed by atoms with van der Waals surface area (Å²) in [6, 6.07) is 1.68. The lowest BCUT2D eigenvalue weighted by molar-refractivity contribution is -0.155. The van der Waals surface area contributed by atoms with Crippen molar-refractivity contribution in [2.24, 2.45) is 17.3 Å². The number of hydrogen-bond acceptors (Lipinski definition) is 2. The third-order valence-electron chi connectivity index (χ3n) is 6.48. The summed E-state index contributed by atoms with van der Waals surface area (Å²) >= 11 is 6.77. The Bertz CT molecular complexity index is 833. The number of rotatable bonds is 4. The fraction of sp³-hybridized carbons (Fsp3) is 0.600. The van der Waals surface area contributed by atoms with E-state index >= 15 is 0 Å². The van der Waals surface area contributed by atoms with Crippen LogP contribution in [0, 0.1) is 34.7 Å². The first-order valence-corrected chi connectivity index (χ1v) is 9.86. The third kappa shape index (κ3) is 3.27. The van der Waals surface area contributed by atoms with E-state index in [1.165, 1.54) is 11.9 Å². The van der Waals surface area contributed by atoms with Gasteiger partial charge in [0, 0.05) is 11.9 Å².